The standard InChI is InChI=1S/C13H25F3N2/c1-3-17-8-4-6-11(2)18-9-5-7-12(10-18)13(14,15)16/h11-12,17H,3-10H2,1-2H3. The van der Waals surface area contributed by atoms with E-state index in [0.29, 0.717) is 12.8 Å². The van der Waals surface area contributed by atoms with Crippen molar-refractivity contribution in [2.75, 3.05) is 26.2 Å². The van der Waals surface area contributed by atoms with E-state index in [1.807, 2.05) is 11.8 Å². The first-order chi connectivity index (χ1) is 8.45. The van der Waals surface area contributed by atoms with Gasteiger partial charge in [-0.05, 0) is 52.2 Å². The first kappa shape index (κ1) is 15.8. The van der Waals surface area contributed by atoms with Crippen molar-refractivity contribution in [3.05, 3.63) is 0 Å². The number of hydrogen-bond donors (Lipinski definition) is 1. The third-order valence-corrected chi connectivity index (χ3v) is 3.76. The van der Waals surface area contributed by atoms with Crippen LogP contribution in [0.5, 0.6) is 0 Å². The van der Waals surface area contributed by atoms with Crippen LogP contribution in [0.15, 0.2) is 0 Å². The molecule has 0 amide bonds. The van der Waals surface area contributed by atoms with E-state index in [1.165, 1.54) is 0 Å². The molecule has 0 bridgehead atoms. The van der Waals surface area contributed by atoms with E-state index in [1.54, 1.807) is 0 Å². The molecule has 0 spiro atoms. The zero-order chi connectivity index (χ0) is 13.6. The fourth-order valence-electron chi connectivity index (χ4n) is 2.56. The molecule has 1 saturated heterocycles. The largest absolute Gasteiger partial charge is 0.393 e. The second-order valence-electron chi connectivity index (χ2n) is 5.22. The van der Waals surface area contributed by atoms with Gasteiger partial charge in [-0.3, -0.25) is 0 Å². The summed E-state index contributed by atoms with van der Waals surface area (Å²) in [7, 11) is 0. The number of nitrogens with zero attached hydrogens (tertiary/aromatic N) is 1. The van der Waals surface area contributed by atoms with Crippen molar-refractivity contribution in [1.29, 1.82) is 0 Å². The molecule has 0 aromatic rings. The number of halogens is 3. The highest BCUT2D eigenvalue weighted by Crippen LogP contribution is 2.33. The highest BCUT2D eigenvalue weighted by atomic mass is 19.4. The maximum absolute atomic E-state index is 12.7. The van der Waals surface area contributed by atoms with Crippen LogP contribution < -0.4 is 5.32 Å². The first-order valence-corrected chi connectivity index (χ1v) is 6.96. The van der Waals surface area contributed by atoms with Crippen LogP contribution in [-0.4, -0.2) is 43.3 Å². The monoisotopic (exact) mass is 266 g/mol. The molecule has 2 nitrogen and oxygen atoms in total. The molecule has 108 valence electrons. The van der Waals surface area contributed by atoms with E-state index < -0.39 is 12.1 Å². The second kappa shape index (κ2) is 7.34. The van der Waals surface area contributed by atoms with E-state index in [4.69, 9.17) is 0 Å². The van der Waals surface area contributed by atoms with Crippen LogP contribution in [0.1, 0.15) is 39.5 Å². The molecule has 1 aliphatic heterocycles. The lowest BCUT2D eigenvalue weighted by molar-refractivity contribution is -0.188. The Morgan fingerprint density at radius 1 is 1.39 bits per heavy atom. The van der Waals surface area contributed by atoms with Gasteiger partial charge in [0.1, 0.15) is 0 Å². The lowest BCUT2D eigenvalue weighted by Crippen LogP contribution is -2.45. The minimum absolute atomic E-state index is 0.186. The van der Waals surface area contributed by atoms with Crippen LogP contribution in [0.4, 0.5) is 13.2 Å². The summed E-state index contributed by atoms with van der Waals surface area (Å²) in [5.41, 5.74) is 0. The highest BCUT2D eigenvalue weighted by Gasteiger charge is 2.42. The summed E-state index contributed by atoms with van der Waals surface area (Å²) < 4.78 is 38.1. The SMILES string of the molecule is CCNCCCC(C)N1CCCC(C(F)(F)F)C1. The number of nitrogens with one attached hydrogen (secondary N) is 1. The molecule has 5 heteroatoms. The number of likely N-dealkylation sites (tertiary alicyclic amines) is 1. The van der Waals surface area contributed by atoms with Crippen LogP contribution in [0.2, 0.25) is 0 Å². The summed E-state index contributed by atoms with van der Waals surface area (Å²) >= 11 is 0. The van der Waals surface area contributed by atoms with E-state index in [-0.39, 0.29) is 12.6 Å². The zero-order valence-electron chi connectivity index (χ0n) is 11.4. The predicted octanol–water partition coefficient (Wildman–Crippen LogP) is 3.04. The van der Waals surface area contributed by atoms with E-state index in [9.17, 15) is 13.2 Å². The van der Waals surface area contributed by atoms with Gasteiger partial charge >= 0.3 is 6.18 Å². The maximum Gasteiger partial charge on any atom is 0.393 e. The smallest absolute Gasteiger partial charge is 0.317 e. The van der Waals surface area contributed by atoms with Crippen molar-refractivity contribution in [2.24, 2.45) is 5.92 Å². The Morgan fingerprint density at radius 2 is 2.11 bits per heavy atom. The van der Waals surface area contributed by atoms with Gasteiger partial charge in [-0.1, -0.05) is 6.92 Å². The van der Waals surface area contributed by atoms with E-state index >= 15 is 0 Å². The molecule has 1 rings (SSSR count). The van der Waals surface area contributed by atoms with Gasteiger partial charge in [0.15, 0.2) is 0 Å². The molecule has 0 radical (unpaired) electrons. The highest BCUT2D eigenvalue weighted by molar-refractivity contribution is 4.80. The van der Waals surface area contributed by atoms with Gasteiger partial charge in [0.05, 0.1) is 5.92 Å². The quantitative estimate of drug-likeness (QED) is 0.743. The molecule has 0 aromatic heterocycles. The fourth-order valence-corrected chi connectivity index (χ4v) is 2.56. The molecule has 1 aliphatic rings. The summed E-state index contributed by atoms with van der Waals surface area (Å²) in [6, 6.07) is 0.258. The van der Waals surface area contributed by atoms with Gasteiger partial charge in [-0.2, -0.15) is 13.2 Å². The minimum atomic E-state index is -4.03. The zero-order valence-corrected chi connectivity index (χ0v) is 11.4. The Morgan fingerprint density at radius 3 is 2.72 bits per heavy atom. The van der Waals surface area contributed by atoms with Crippen molar-refractivity contribution < 1.29 is 13.2 Å². The van der Waals surface area contributed by atoms with Gasteiger partial charge in [0.25, 0.3) is 0 Å². The van der Waals surface area contributed by atoms with Crippen LogP contribution in [-0.2, 0) is 0 Å². The summed E-state index contributed by atoms with van der Waals surface area (Å²) in [6.07, 6.45) is -1.06. The van der Waals surface area contributed by atoms with Gasteiger partial charge in [0, 0.05) is 12.6 Å². The Balaban J connectivity index is 2.32. The molecule has 0 aliphatic carbocycles. The molecular weight excluding hydrogens is 241 g/mol. The van der Waals surface area contributed by atoms with Gasteiger partial charge in [0.2, 0.25) is 0 Å². The minimum Gasteiger partial charge on any atom is -0.317 e. The molecule has 0 aromatic carbocycles. The van der Waals surface area contributed by atoms with Crippen molar-refractivity contribution in [3.63, 3.8) is 0 Å². The molecule has 2 unspecified atom stereocenters. The first-order valence-electron chi connectivity index (χ1n) is 6.96. The van der Waals surface area contributed by atoms with Crippen molar-refractivity contribution in [2.45, 2.75) is 51.7 Å². The van der Waals surface area contributed by atoms with Crippen molar-refractivity contribution >= 4 is 0 Å². The topological polar surface area (TPSA) is 15.3 Å². The summed E-state index contributed by atoms with van der Waals surface area (Å²) in [5, 5.41) is 3.24. The van der Waals surface area contributed by atoms with Crippen LogP contribution in [0, 0.1) is 5.92 Å². The summed E-state index contributed by atoms with van der Waals surface area (Å²) in [6.45, 7) is 7.01. The normalized spacial score (nSPS) is 24.2. The van der Waals surface area contributed by atoms with Gasteiger partial charge in [-0.15, -0.1) is 0 Å². The number of rotatable bonds is 6. The van der Waals surface area contributed by atoms with Crippen molar-refractivity contribution in [3.8, 4) is 0 Å². The third-order valence-electron chi connectivity index (χ3n) is 3.76. The lowest BCUT2D eigenvalue weighted by atomic mass is 9.95. The molecular formula is C13H25F3N2. The molecule has 1 N–H and O–H groups in total. The average Bonchev–Trinajstić information content (AvgIpc) is 2.33. The average molecular weight is 266 g/mol. The Labute approximate surface area is 108 Å². The second-order valence-corrected chi connectivity index (χ2v) is 5.22. The van der Waals surface area contributed by atoms with E-state index in [2.05, 4.69) is 12.2 Å². The summed E-state index contributed by atoms with van der Waals surface area (Å²) in [5.74, 6) is -1.12. The lowest BCUT2D eigenvalue weighted by Gasteiger charge is -2.37. The Kier molecular flexibility index (Phi) is 6.43. The van der Waals surface area contributed by atoms with E-state index in [0.717, 1.165) is 32.5 Å². The molecule has 18 heavy (non-hydrogen) atoms. The van der Waals surface area contributed by atoms with Crippen molar-refractivity contribution in [1.82, 2.24) is 10.2 Å². The Hall–Kier alpha value is -0.290. The third kappa shape index (κ3) is 5.14. The molecule has 1 heterocycles. The Bertz CT molecular complexity index is 231. The molecule has 1 fully saturated rings. The predicted molar refractivity (Wildman–Crippen MR) is 67.6 cm³/mol. The number of hydrogen-bond acceptors (Lipinski definition) is 2. The maximum atomic E-state index is 12.7. The van der Waals surface area contributed by atoms with Crippen LogP contribution >= 0.6 is 0 Å². The van der Waals surface area contributed by atoms with Crippen LogP contribution in [0.3, 0.4) is 0 Å². The van der Waals surface area contributed by atoms with Crippen LogP contribution in [0.25, 0.3) is 0 Å². The number of alkyl halides is 3. The molecule has 2 atom stereocenters. The molecule has 0 saturated carbocycles. The number of piperidine rings is 1. The van der Waals surface area contributed by atoms with Gasteiger partial charge in [-0.25, -0.2) is 0 Å². The fraction of sp³-hybridized carbons (Fsp3) is 1.00. The van der Waals surface area contributed by atoms with Gasteiger partial charge < -0.3 is 10.2 Å². The summed E-state index contributed by atoms with van der Waals surface area (Å²) in [4.78, 5) is 2.01.